The molecule has 0 aromatic rings. The van der Waals surface area contributed by atoms with E-state index in [-0.39, 0.29) is 11.9 Å². The number of carbonyl (C=O) groups is 3. The van der Waals surface area contributed by atoms with Crippen LogP contribution in [0.1, 0.15) is 19.3 Å². The van der Waals surface area contributed by atoms with Crippen LogP contribution in [0, 0.1) is 5.92 Å². The monoisotopic (exact) mass is 245 g/mol. The molecule has 0 spiro atoms. The third kappa shape index (κ3) is 3.42. The highest BCUT2D eigenvalue weighted by Crippen LogP contribution is 2.33. The van der Waals surface area contributed by atoms with Crippen LogP contribution in [0.25, 0.3) is 0 Å². The van der Waals surface area contributed by atoms with Crippen molar-refractivity contribution in [2.75, 3.05) is 7.11 Å². The molecular weight excluding hydrogens is 230 g/mol. The molecule has 3 atom stereocenters. The summed E-state index contributed by atoms with van der Waals surface area (Å²) in [4.78, 5) is 29.3. The van der Waals surface area contributed by atoms with Gasteiger partial charge in [-0.1, -0.05) is 0 Å². The van der Waals surface area contributed by atoms with Crippen molar-refractivity contribution in [3.05, 3.63) is 0 Å². The molecule has 0 saturated carbocycles. The molecule has 0 aromatic heterocycles. The molecule has 2 bridgehead atoms. The molecule has 0 aliphatic carbocycles. The van der Waals surface area contributed by atoms with E-state index in [1.807, 2.05) is 0 Å². The van der Waals surface area contributed by atoms with Crippen LogP contribution in [0.4, 0.5) is 0 Å². The fourth-order valence-corrected chi connectivity index (χ4v) is 2.24. The van der Waals surface area contributed by atoms with Gasteiger partial charge < -0.3 is 20.3 Å². The van der Waals surface area contributed by atoms with Crippen LogP contribution in [-0.4, -0.2) is 47.3 Å². The Hall–Kier alpha value is -1.63. The van der Waals surface area contributed by atoms with Crippen molar-refractivity contribution >= 4 is 17.9 Å². The number of hydrogen-bond acceptors (Lipinski definition) is 5. The lowest BCUT2D eigenvalue weighted by Gasteiger charge is -2.16. The van der Waals surface area contributed by atoms with Crippen molar-refractivity contribution in [1.29, 1.82) is 0 Å². The molecule has 2 heterocycles. The van der Waals surface area contributed by atoms with E-state index in [1.54, 1.807) is 0 Å². The number of hydrogen-bond donors (Lipinski definition) is 3. The van der Waals surface area contributed by atoms with E-state index in [2.05, 4.69) is 5.32 Å². The fourth-order valence-electron chi connectivity index (χ4n) is 2.24. The van der Waals surface area contributed by atoms with Crippen LogP contribution in [0.5, 0.6) is 0 Å². The number of carboxylic acid groups (broad SMARTS) is 2. The van der Waals surface area contributed by atoms with Crippen molar-refractivity contribution in [2.45, 2.75) is 31.3 Å². The highest BCUT2D eigenvalue weighted by Gasteiger charge is 2.43. The summed E-state index contributed by atoms with van der Waals surface area (Å²) in [7, 11) is 1.47. The first kappa shape index (κ1) is 13.4. The van der Waals surface area contributed by atoms with Gasteiger partial charge in [-0.3, -0.25) is 4.79 Å². The van der Waals surface area contributed by atoms with E-state index in [9.17, 15) is 4.79 Å². The predicted molar refractivity (Wildman–Crippen MR) is 55.3 cm³/mol. The van der Waals surface area contributed by atoms with Gasteiger partial charge in [0.2, 0.25) is 0 Å². The molecule has 0 radical (unpaired) electrons. The lowest BCUT2D eigenvalue weighted by molar-refractivity contribution is -0.159. The quantitative estimate of drug-likeness (QED) is 0.420. The van der Waals surface area contributed by atoms with Gasteiger partial charge in [0.1, 0.15) is 0 Å². The Balaban J connectivity index is 0.000000209. The maximum Gasteiger partial charge on any atom is 0.414 e. The zero-order chi connectivity index (χ0) is 13.0. The molecule has 0 aromatic carbocycles. The first-order valence-corrected chi connectivity index (χ1v) is 5.25. The number of esters is 1. The van der Waals surface area contributed by atoms with Crippen molar-refractivity contribution in [3.8, 4) is 0 Å². The summed E-state index contributed by atoms with van der Waals surface area (Å²) >= 11 is 0. The minimum absolute atomic E-state index is 0.0373. The molecule has 2 aliphatic rings. The van der Waals surface area contributed by atoms with Crippen LogP contribution in [0.15, 0.2) is 0 Å². The minimum atomic E-state index is -1.82. The van der Waals surface area contributed by atoms with Gasteiger partial charge in [0.05, 0.1) is 13.0 Å². The molecule has 2 saturated heterocycles. The van der Waals surface area contributed by atoms with Crippen LogP contribution in [-0.2, 0) is 19.1 Å². The van der Waals surface area contributed by atoms with Crippen molar-refractivity contribution in [2.24, 2.45) is 5.92 Å². The summed E-state index contributed by atoms with van der Waals surface area (Å²) in [6, 6.07) is 0.997. The van der Waals surface area contributed by atoms with E-state index in [0.717, 1.165) is 12.8 Å². The first-order chi connectivity index (χ1) is 7.95. The summed E-state index contributed by atoms with van der Waals surface area (Å²) in [6.07, 6.45) is 3.36. The number of fused-ring (bicyclic) bond motifs is 2. The Kier molecular flexibility index (Phi) is 4.45. The Morgan fingerprint density at radius 2 is 1.76 bits per heavy atom. The zero-order valence-corrected chi connectivity index (χ0v) is 9.38. The summed E-state index contributed by atoms with van der Waals surface area (Å²) < 4.78 is 4.71. The van der Waals surface area contributed by atoms with E-state index in [1.165, 1.54) is 13.5 Å². The minimum Gasteiger partial charge on any atom is -0.473 e. The van der Waals surface area contributed by atoms with Crippen LogP contribution in [0.2, 0.25) is 0 Å². The number of rotatable bonds is 1. The van der Waals surface area contributed by atoms with Crippen molar-refractivity contribution < 1.29 is 29.3 Å². The van der Waals surface area contributed by atoms with Gasteiger partial charge in [-0.25, -0.2) is 9.59 Å². The SMILES string of the molecule is COC(=O)C1C[C@H]2CC[C@H]1N2.O=C(O)C(=O)O. The van der Waals surface area contributed by atoms with Gasteiger partial charge in [-0.2, -0.15) is 0 Å². The van der Waals surface area contributed by atoms with Gasteiger partial charge >= 0.3 is 17.9 Å². The maximum absolute atomic E-state index is 11.1. The molecule has 0 amide bonds. The third-order valence-corrected chi connectivity index (χ3v) is 2.99. The number of carbonyl (C=O) groups excluding carboxylic acids is 1. The van der Waals surface area contributed by atoms with Gasteiger partial charge in [-0.15, -0.1) is 0 Å². The van der Waals surface area contributed by atoms with Crippen LogP contribution < -0.4 is 5.32 Å². The molecule has 2 aliphatic heterocycles. The molecule has 96 valence electrons. The Bertz CT molecular complexity index is 317. The molecule has 7 nitrogen and oxygen atoms in total. The highest BCUT2D eigenvalue weighted by molar-refractivity contribution is 6.27. The zero-order valence-electron chi connectivity index (χ0n) is 9.38. The number of methoxy groups -OCH3 is 1. The number of aliphatic carboxylic acids is 2. The average molecular weight is 245 g/mol. The number of nitrogens with one attached hydrogen (secondary N) is 1. The Labute approximate surface area is 97.8 Å². The van der Waals surface area contributed by atoms with E-state index in [4.69, 9.17) is 24.5 Å². The van der Waals surface area contributed by atoms with E-state index < -0.39 is 11.9 Å². The highest BCUT2D eigenvalue weighted by atomic mass is 16.5. The fraction of sp³-hybridized carbons (Fsp3) is 0.700. The summed E-state index contributed by atoms with van der Waals surface area (Å²) in [5, 5.41) is 18.2. The predicted octanol–water partition coefficient (Wildman–Crippen LogP) is -0.544. The molecule has 2 rings (SSSR count). The summed E-state index contributed by atoms with van der Waals surface area (Å²) in [6.45, 7) is 0. The molecule has 17 heavy (non-hydrogen) atoms. The maximum atomic E-state index is 11.1. The number of ether oxygens (including phenoxy) is 1. The Morgan fingerprint density at radius 3 is 2.06 bits per heavy atom. The second-order valence-electron chi connectivity index (χ2n) is 4.02. The molecule has 1 unspecified atom stereocenters. The lowest BCUT2D eigenvalue weighted by Crippen LogP contribution is -2.29. The Morgan fingerprint density at radius 1 is 1.18 bits per heavy atom. The normalized spacial score (nSPS) is 29.1. The topological polar surface area (TPSA) is 113 Å². The first-order valence-electron chi connectivity index (χ1n) is 5.25. The van der Waals surface area contributed by atoms with E-state index in [0.29, 0.717) is 12.1 Å². The van der Waals surface area contributed by atoms with Crippen molar-refractivity contribution in [3.63, 3.8) is 0 Å². The van der Waals surface area contributed by atoms with Crippen molar-refractivity contribution in [1.82, 2.24) is 5.32 Å². The summed E-state index contributed by atoms with van der Waals surface area (Å²) in [5.74, 6) is -3.55. The lowest BCUT2D eigenvalue weighted by atomic mass is 9.89. The third-order valence-electron chi connectivity index (χ3n) is 2.99. The van der Waals surface area contributed by atoms with E-state index >= 15 is 0 Å². The summed E-state index contributed by atoms with van der Waals surface area (Å²) in [5.41, 5.74) is 0. The average Bonchev–Trinajstić information content (AvgIpc) is 2.90. The van der Waals surface area contributed by atoms with Crippen LogP contribution >= 0.6 is 0 Å². The molecule has 2 fully saturated rings. The van der Waals surface area contributed by atoms with Gasteiger partial charge in [-0.05, 0) is 19.3 Å². The molecule has 7 heteroatoms. The number of carboxylic acids is 2. The van der Waals surface area contributed by atoms with Crippen LogP contribution in [0.3, 0.4) is 0 Å². The molecular formula is C10H15NO6. The van der Waals surface area contributed by atoms with Gasteiger partial charge in [0, 0.05) is 12.1 Å². The second kappa shape index (κ2) is 5.62. The molecule has 3 N–H and O–H groups in total. The van der Waals surface area contributed by atoms with Gasteiger partial charge in [0.15, 0.2) is 0 Å². The second-order valence-corrected chi connectivity index (χ2v) is 4.02. The largest absolute Gasteiger partial charge is 0.473 e. The smallest absolute Gasteiger partial charge is 0.414 e. The standard InChI is InChI=1S/C8H13NO2.C2H2O4/c1-11-8(10)6-4-5-2-3-7(6)9-5;3-1(4)2(5)6/h5-7,9H,2-4H2,1H3;(H,3,4)(H,5,6)/t5-,6?,7-;/m1./s1. The van der Waals surface area contributed by atoms with Gasteiger partial charge in [0.25, 0.3) is 0 Å².